The van der Waals surface area contributed by atoms with Crippen molar-refractivity contribution in [1.82, 2.24) is 0 Å². The zero-order valence-corrected chi connectivity index (χ0v) is 15.5. The Morgan fingerprint density at radius 3 is 2.20 bits per heavy atom. The summed E-state index contributed by atoms with van der Waals surface area (Å²) < 4.78 is 0. The summed E-state index contributed by atoms with van der Waals surface area (Å²) in [7, 11) is 1.08. The summed E-state index contributed by atoms with van der Waals surface area (Å²) in [6.07, 6.45) is 10.0. The Bertz CT molecular complexity index is 429. The minimum atomic E-state index is 0. The number of benzene rings is 1. The van der Waals surface area contributed by atoms with E-state index in [0.29, 0.717) is 0 Å². The zero-order chi connectivity index (χ0) is 12.3. The minimum Gasteiger partial charge on any atom is -0.358 e. The molecule has 1 aliphatic rings. The van der Waals surface area contributed by atoms with Crippen molar-refractivity contribution in [2.24, 2.45) is 0 Å². The van der Waals surface area contributed by atoms with Crippen LogP contribution in [-0.4, -0.2) is 9.52 Å². The quantitative estimate of drug-likeness (QED) is 0.441. The maximum absolute atomic E-state index is 2.99. The number of fused-ring (bicyclic) bond motifs is 1. The molecule has 0 N–H and O–H groups in total. The first-order valence-electron chi connectivity index (χ1n) is 5.79. The molecule has 0 fully saturated rings. The van der Waals surface area contributed by atoms with Crippen LogP contribution in [0.2, 0.25) is 13.1 Å². The van der Waals surface area contributed by atoms with Crippen LogP contribution in [0.25, 0.3) is 10.8 Å². The maximum Gasteiger partial charge on any atom is 4.00 e. The van der Waals surface area contributed by atoms with Crippen molar-refractivity contribution in [2.75, 3.05) is 0 Å². The summed E-state index contributed by atoms with van der Waals surface area (Å²) in [5.74, 6) is 0. The Hall–Kier alpha value is -0.759. The molecule has 1 aliphatic carbocycles. The molecule has 0 nitrogen and oxygen atoms in total. The Morgan fingerprint density at radius 2 is 1.75 bits per heavy atom. The largest absolute Gasteiger partial charge is 4.00 e. The molecule has 0 heterocycles. The Morgan fingerprint density at radius 1 is 1.10 bits per heavy atom. The average molecular weight is 316 g/mol. The fraction of sp³-hybridized carbons (Fsp3) is 0.167. The number of allylic oxidation sites excluding steroid dienone is 4. The summed E-state index contributed by atoms with van der Waals surface area (Å²) in [5, 5.41) is 2.66. The Labute approximate surface area is 143 Å². The second kappa shape index (κ2) is 16.3. The standard InChI is InChI=1S/C9H7.C5H5.C2H6Si.2CH3.Ti/c1-2-5-9-7-3-6-8(9)4-1;1-2-4-5-3-1;1-3-2;;;/h1-7H;1-3H,4H2;1-2H3;2*1H3;/q2*-1;;2*-1;+4. The fourth-order valence-corrected chi connectivity index (χ4v) is 1.41. The van der Waals surface area contributed by atoms with Gasteiger partial charge in [0, 0.05) is 9.52 Å². The molecule has 2 radical (unpaired) electrons. The molecular weight excluding hydrogens is 292 g/mol. The van der Waals surface area contributed by atoms with Crippen molar-refractivity contribution in [1.29, 1.82) is 0 Å². The maximum atomic E-state index is 2.99. The predicted octanol–water partition coefficient (Wildman–Crippen LogP) is 5.55. The molecule has 2 aromatic carbocycles. The van der Waals surface area contributed by atoms with Gasteiger partial charge in [0.15, 0.2) is 0 Å². The zero-order valence-electron chi connectivity index (χ0n) is 13.0. The Balaban J connectivity index is -0.000000231. The van der Waals surface area contributed by atoms with Crippen molar-refractivity contribution < 1.29 is 21.7 Å². The molecule has 0 amide bonds. The summed E-state index contributed by atoms with van der Waals surface area (Å²) in [6, 6.07) is 14.7. The van der Waals surface area contributed by atoms with E-state index in [1.165, 1.54) is 10.8 Å². The minimum absolute atomic E-state index is 0. The van der Waals surface area contributed by atoms with Gasteiger partial charge in [-0.25, -0.2) is 12.2 Å². The second-order valence-corrected chi connectivity index (χ2v) is 4.66. The normalized spacial score (nSPS) is 9.90. The molecule has 3 rings (SSSR count). The first-order valence-corrected chi connectivity index (χ1v) is 7.79. The molecule has 0 saturated heterocycles. The molecule has 104 valence electrons. The van der Waals surface area contributed by atoms with Gasteiger partial charge in [0.05, 0.1) is 0 Å². The average Bonchev–Trinajstić information content (AvgIpc) is 3.05. The van der Waals surface area contributed by atoms with Gasteiger partial charge in [-0.3, -0.25) is 6.08 Å². The van der Waals surface area contributed by atoms with E-state index in [-0.39, 0.29) is 36.6 Å². The van der Waals surface area contributed by atoms with E-state index in [0.717, 1.165) is 15.9 Å². The topological polar surface area (TPSA) is 0 Å². The number of hydrogen-bond acceptors (Lipinski definition) is 0. The molecule has 0 aromatic heterocycles. The van der Waals surface area contributed by atoms with E-state index < -0.39 is 0 Å². The number of hydrogen-bond donors (Lipinski definition) is 0. The van der Waals surface area contributed by atoms with Crippen LogP contribution in [0.3, 0.4) is 0 Å². The van der Waals surface area contributed by atoms with Crippen molar-refractivity contribution in [3.63, 3.8) is 0 Å². The molecule has 0 unspecified atom stereocenters. The van der Waals surface area contributed by atoms with Crippen molar-refractivity contribution in [3.8, 4) is 0 Å². The first kappa shape index (κ1) is 24.3. The molecule has 0 saturated carbocycles. The van der Waals surface area contributed by atoms with Crippen LogP contribution in [0.1, 0.15) is 6.42 Å². The van der Waals surface area contributed by atoms with Gasteiger partial charge < -0.3 is 14.9 Å². The van der Waals surface area contributed by atoms with E-state index in [9.17, 15) is 0 Å². The molecular formula is C18H24SiTi. The predicted molar refractivity (Wildman–Crippen MR) is 91.4 cm³/mol. The monoisotopic (exact) mass is 316 g/mol. The van der Waals surface area contributed by atoms with Crippen LogP contribution in [-0.2, 0) is 21.7 Å². The fourth-order valence-electron chi connectivity index (χ4n) is 1.41. The van der Waals surface area contributed by atoms with E-state index >= 15 is 0 Å². The van der Waals surface area contributed by atoms with Gasteiger partial charge in [-0.15, -0.1) is 36.1 Å². The van der Waals surface area contributed by atoms with Gasteiger partial charge in [0.2, 0.25) is 0 Å². The molecule has 0 atom stereocenters. The second-order valence-electron chi connectivity index (χ2n) is 3.66. The first-order chi connectivity index (χ1) is 8.38. The van der Waals surface area contributed by atoms with E-state index in [2.05, 4.69) is 67.7 Å². The summed E-state index contributed by atoms with van der Waals surface area (Å²) in [4.78, 5) is 0. The van der Waals surface area contributed by atoms with Crippen LogP contribution >= 0.6 is 0 Å². The van der Waals surface area contributed by atoms with E-state index in [1.54, 1.807) is 0 Å². The third kappa shape index (κ3) is 10.1. The molecule has 20 heavy (non-hydrogen) atoms. The van der Waals surface area contributed by atoms with Crippen molar-refractivity contribution in [3.05, 3.63) is 81.6 Å². The third-order valence-corrected chi connectivity index (χ3v) is 2.13. The van der Waals surface area contributed by atoms with Gasteiger partial charge in [-0.2, -0.15) is 23.6 Å². The van der Waals surface area contributed by atoms with Gasteiger partial charge in [0.1, 0.15) is 0 Å². The number of rotatable bonds is 0. The Kier molecular flexibility index (Phi) is 19.8. The van der Waals surface area contributed by atoms with E-state index in [1.807, 2.05) is 12.2 Å². The van der Waals surface area contributed by atoms with Gasteiger partial charge in [0.25, 0.3) is 0 Å². The summed E-state index contributed by atoms with van der Waals surface area (Å²) >= 11 is 0. The van der Waals surface area contributed by atoms with Gasteiger partial charge in [-0.05, 0) is 0 Å². The van der Waals surface area contributed by atoms with Crippen molar-refractivity contribution in [2.45, 2.75) is 19.5 Å². The van der Waals surface area contributed by atoms with Crippen LogP contribution < -0.4 is 0 Å². The molecule has 2 heteroatoms. The van der Waals surface area contributed by atoms with Crippen molar-refractivity contribution >= 4 is 20.3 Å². The van der Waals surface area contributed by atoms with Crippen LogP contribution in [0.5, 0.6) is 0 Å². The van der Waals surface area contributed by atoms with Crippen LogP contribution in [0.15, 0.2) is 60.7 Å². The summed E-state index contributed by atoms with van der Waals surface area (Å²) in [6.45, 7) is 4.31. The third-order valence-electron chi connectivity index (χ3n) is 2.13. The molecule has 0 spiro atoms. The van der Waals surface area contributed by atoms with Gasteiger partial charge >= 0.3 is 21.7 Å². The molecule has 2 aromatic rings. The molecule has 0 aliphatic heterocycles. The van der Waals surface area contributed by atoms with Gasteiger partial charge in [-0.1, -0.05) is 19.2 Å². The van der Waals surface area contributed by atoms with Crippen LogP contribution in [0, 0.1) is 20.9 Å². The molecule has 0 bridgehead atoms. The van der Waals surface area contributed by atoms with E-state index in [4.69, 9.17) is 0 Å². The smallest absolute Gasteiger partial charge is 0.358 e. The SMILES string of the molecule is C[Si]C.[C-]1=CC=CC1.[CH3-].[CH3-].[Ti+4].c1ccc2[cH-]ccc2c1. The summed E-state index contributed by atoms with van der Waals surface area (Å²) in [5.41, 5.74) is 0. The van der Waals surface area contributed by atoms with Crippen LogP contribution in [0.4, 0.5) is 0 Å².